The maximum Gasteiger partial charge on any atom is 0.185 e. The van der Waals surface area contributed by atoms with Crippen molar-refractivity contribution in [3.63, 3.8) is 0 Å². The van der Waals surface area contributed by atoms with Gasteiger partial charge in [0.05, 0.1) is 23.2 Å². The van der Waals surface area contributed by atoms with Crippen LogP contribution in [0.15, 0.2) is 24.3 Å². The molecule has 1 aromatic heterocycles. The number of aromatic nitrogens is 2. The zero-order chi connectivity index (χ0) is 19.1. The minimum absolute atomic E-state index is 0.0541. The molecule has 0 spiro atoms. The summed E-state index contributed by atoms with van der Waals surface area (Å²) in [5.74, 6) is 0.0989. The highest BCUT2D eigenvalue weighted by Crippen LogP contribution is 2.30. The summed E-state index contributed by atoms with van der Waals surface area (Å²) < 4.78 is 25.0. The fourth-order valence-corrected chi connectivity index (χ4v) is 5.15. The maximum absolute atomic E-state index is 12.4. The fraction of sp³-hybridized carbons (Fsp3) is 0.368. The van der Waals surface area contributed by atoms with Crippen LogP contribution in [-0.4, -0.2) is 35.5 Å². The number of allylic oxidation sites excluding steroid dienone is 1. The molecule has 5 nitrogen and oxygen atoms in total. The van der Waals surface area contributed by atoms with E-state index in [2.05, 4.69) is 5.10 Å². The Kier molecular flexibility index (Phi) is 5.08. The summed E-state index contributed by atoms with van der Waals surface area (Å²) in [6, 6.07) is 5.34. The van der Waals surface area contributed by atoms with Crippen LogP contribution >= 0.6 is 11.6 Å². The normalized spacial score (nSPS) is 19.3. The summed E-state index contributed by atoms with van der Waals surface area (Å²) in [5.41, 5.74) is 4.13. The number of rotatable bonds is 4. The van der Waals surface area contributed by atoms with Gasteiger partial charge in [0.2, 0.25) is 0 Å². The molecule has 1 atom stereocenters. The first-order valence-electron chi connectivity index (χ1n) is 8.42. The lowest BCUT2D eigenvalue weighted by atomic mass is 10.0. The number of hydrogen-bond donors (Lipinski definition) is 0. The molecule has 138 valence electrons. The van der Waals surface area contributed by atoms with E-state index in [-0.39, 0.29) is 23.3 Å². The third-order valence-corrected chi connectivity index (χ3v) is 6.95. The van der Waals surface area contributed by atoms with Gasteiger partial charge in [-0.1, -0.05) is 23.7 Å². The predicted octanol–water partition coefficient (Wildman–Crippen LogP) is 3.72. The number of nitrogens with zero attached hydrogens (tertiary/aromatic N) is 2. The van der Waals surface area contributed by atoms with Crippen LogP contribution in [0.5, 0.6) is 0 Å². The standard InChI is InChI=1S/C19H21ClN2O3S/c1-12-4-5-15(10-13(12)2)18(23)7-6-17-14(3)21-22(19(17)20)16-8-9-26(24,25)11-16/h4-7,10,16H,8-9,11H2,1-3H3/b7-6+/t16-/m0/s1. The molecule has 1 saturated heterocycles. The van der Waals surface area contributed by atoms with E-state index >= 15 is 0 Å². The van der Waals surface area contributed by atoms with Crippen molar-refractivity contribution >= 4 is 33.3 Å². The van der Waals surface area contributed by atoms with Crippen LogP contribution in [0, 0.1) is 20.8 Å². The number of hydrogen-bond acceptors (Lipinski definition) is 4. The topological polar surface area (TPSA) is 69.0 Å². The highest BCUT2D eigenvalue weighted by Gasteiger charge is 2.31. The van der Waals surface area contributed by atoms with Gasteiger partial charge < -0.3 is 0 Å². The molecule has 0 aliphatic carbocycles. The Morgan fingerprint density at radius 1 is 1.27 bits per heavy atom. The molecular weight excluding hydrogens is 372 g/mol. The molecule has 0 unspecified atom stereocenters. The van der Waals surface area contributed by atoms with Gasteiger partial charge >= 0.3 is 0 Å². The number of carbonyl (C=O) groups is 1. The molecule has 2 heterocycles. The molecule has 1 fully saturated rings. The van der Waals surface area contributed by atoms with Gasteiger partial charge in [-0.2, -0.15) is 5.10 Å². The zero-order valence-corrected chi connectivity index (χ0v) is 16.6. The minimum Gasteiger partial charge on any atom is -0.289 e. The van der Waals surface area contributed by atoms with Crippen molar-refractivity contribution in [3.05, 3.63) is 57.4 Å². The van der Waals surface area contributed by atoms with Crippen LogP contribution in [0.2, 0.25) is 5.15 Å². The summed E-state index contributed by atoms with van der Waals surface area (Å²) in [4.78, 5) is 12.4. The van der Waals surface area contributed by atoms with E-state index in [1.807, 2.05) is 26.0 Å². The number of sulfone groups is 1. The Morgan fingerprint density at radius 2 is 2.00 bits per heavy atom. The Hall–Kier alpha value is -1.92. The van der Waals surface area contributed by atoms with E-state index in [1.165, 1.54) is 6.08 Å². The second kappa shape index (κ2) is 7.00. The smallest absolute Gasteiger partial charge is 0.185 e. The first-order chi connectivity index (χ1) is 12.2. The molecule has 1 aliphatic heterocycles. The van der Waals surface area contributed by atoms with Gasteiger partial charge in [0.1, 0.15) is 5.15 Å². The Labute approximate surface area is 158 Å². The predicted molar refractivity (Wildman–Crippen MR) is 104 cm³/mol. The van der Waals surface area contributed by atoms with Crippen molar-refractivity contribution in [3.8, 4) is 0 Å². The Morgan fingerprint density at radius 3 is 2.62 bits per heavy atom. The van der Waals surface area contributed by atoms with Gasteiger partial charge in [-0.3, -0.25) is 4.79 Å². The van der Waals surface area contributed by atoms with Crippen LogP contribution < -0.4 is 0 Å². The molecule has 3 rings (SSSR count). The van der Waals surface area contributed by atoms with Gasteiger partial charge in [-0.15, -0.1) is 0 Å². The summed E-state index contributed by atoms with van der Waals surface area (Å²) in [5, 5.41) is 4.76. The van der Waals surface area contributed by atoms with E-state index in [0.29, 0.717) is 28.4 Å². The first-order valence-corrected chi connectivity index (χ1v) is 10.6. The molecule has 26 heavy (non-hydrogen) atoms. The molecule has 1 aromatic carbocycles. The molecule has 0 radical (unpaired) electrons. The number of ketones is 1. The molecule has 0 saturated carbocycles. The third-order valence-electron chi connectivity index (χ3n) is 4.82. The van der Waals surface area contributed by atoms with Crippen molar-refractivity contribution in [2.45, 2.75) is 33.2 Å². The summed E-state index contributed by atoms with van der Waals surface area (Å²) in [7, 11) is -3.02. The minimum atomic E-state index is -3.02. The van der Waals surface area contributed by atoms with E-state index in [1.54, 1.807) is 23.7 Å². The van der Waals surface area contributed by atoms with E-state index in [0.717, 1.165) is 11.1 Å². The summed E-state index contributed by atoms with van der Waals surface area (Å²) in [6.07, 6.45) is 3.64. The zero-order valence-electron chi connectivity index (χ0n) is 15.0. The molecule has 0 N–H and O–H groups in total. The first kappa shape index (κ1) is 18.9. The quantitative estimate of drug-likeness (QED) is 0.587. The third kappa shape index (κ3) is 3.76. The van der Waals surface area contributed by atoms with Crippen molar-refractivity contribution < 1.29 is 13.2 Å². The fourth-order valence-electron chi connectivity index (χ4n) is 3.08. The van der Waals surface area contributed by atoms with Crippen molar-refractivity contribution in [1.29, 1.82) is 0 Å². The van der Waals surface area contributed by atoms with Crippen LogP contribution in [-0.2, 0) is 9.84 Å². The largest absolute Gasteiger partial charge is 0.289 e. The second-order valence-electron chi connectivity index (χ2n) is 6.79. The molecular formula is C19H21ClN2O3S. The van der Waals surface area contributed by atoms with E-state index < -0.39 is 9.84 Å². The van der Waals surface area contributed by atoms with Crippen LogP contribution in [0.4, 0.5) is 0 Å². The van der Waals surface area contributed by atoms with Gasteiger partial charge in [0.25, 0.3) is 0 Å². The summed E-state index contributed by atoms with van der Waals surface area (Å²) in [6.45, 7) is 5.77. The Balaban J connectivity index is 1.85. The average Bonchev–Trinajstić information content (AvgIpc) is 3.07. The number of benzene rings is 1. The summed E-state index contributed by atoms with van der Waals surface area (Å²) >= 11 is 6.42. The second-order valence-corrected chi connectivity index (χ2v) is 9.37. The van der Waals surface area contributed by atoms with Gasteiger partial charge in [-0.05, 0) is 56.5 Å². The molecule has 2 aromatic rings. The highest BCUT2D eigenvalue weighted by atomic mass is 35.5. The van der Waals surface area contributed by atoms with E-state index in [9.17, 15) is 13.2 Å². The van der Waals surface area contributed by atoms with Crippen LogP contribution in [0.1, 0.15) is 45.2 Å². The van der Waals surface area contributed by atoms with Gasteiger partial charge in [0, 0.05) is 11.1 Å². The van der Waals surface area contributed by atoms with Crippen LogP contribution in [0.25, 0.3) is 6.08 Å². The molecule has 1 aliphatic rings. The number of halogens is 1. The molecule has 7 heteroatoms. The van der Waals surface area contributed by atoms with Gasteiger partial charge in [0.15, 0.2) is 15.6 Å². The lowest BCUT2D eigenvalue weighted by Gasteiger charge is -2.09. The van der Waals surface area contributed by atoms with Crippen molar-refractivity contribution in [1.82, 2.24) is 9.78 Å². The van der Waals surface area contributed by atoms with Crippen LogP contribution in [0.3, 0.4) is 0 Å². The van der Waals surface area contributed by atoms with Crippen molar-refractivity contribution in [2.24, 2.45) is 0 Å². The highest BCUT2D eigenvalue weighted by molar-refractivity contribution is 7.91. The lowest BCUT2D eigenvalue weighted by Crippen LogP contribution is -2.12. The molecule has 0 bridgehead atoms. The lowest BCUT2D eigenvalue weighted by molar-refractivity contribution is 0.104. The number of carbonyl (C=O) groups excluding carboxylic acids is 1. The number of aryl methyl sites for hydroxylation is 3. The van der Waals surface area contributed by atoms with E-state index in [4.69, 9.17) is 11.6 Å². The van der Waals surface area contributed by atoms with Gasteiger partial charge in [-0.25, -0.2) is 13.1 Å². The van der Waals surface area contributed by atoms with Crippen molar-refractivity contribution in [2.75, 3.05) is 11.5 Å². The monoisotopic (exact) mass is 392 g/mol. The Bertz CT molecular complexity index is 1010. The average molecular weight is 393 g/mol. The molecule has 0 amide bonds. The SMILES string of the molecule is Cc1ccc(C(=O)/C=C/c2c(C)nn([C@H]3CCS(=O)(=O)C3)c2Cl)cc1C. The maximum atomic E-state index is 12.4.